The Morgan fingerprint density at radius 3 is 2.52 bits per heavy atom. The lowest BCUT2D eigenvalue weighted by Crippen LogP contribution is -2.35. The van der Waals surface area contributed by atoms with Crippen LogP contribution < -0.4 is 0 Å². The van der Waals surface area contributed by atoms with Crippen molar-refractivity contribution in [2.45, 2.75) is 39.8 Å². The molecule has 0 aliphatic rings. The average molecular weight is 302 g/mol. The molecule has 1 aromatic heterocycles. The van der Waals surface area contributed by atoms with Crippen LogP contribution in [0.3, 0.4) is 0 Å². The van der Waals surface area contributed by atoms with Gasteiger partial charge in [0.25, 0.3) is 0 Å². The molecule has 2 aromatic rings. The van der Waals surface area contributed by atoms with E-state index in [2.05, 4.69) is 16.8 Å². The number of hydrogen-bond acceptors (Lipinski definition) is 4. The van der Waals surface area contributed by atoms with E-state index in [1.165, 1.54) is 10.4 Å². The minimum Gasteiger partial charge on any atom is -0.292 e. The highest BCUT2D eigenvalue weighted by molar-refractivity contribution is 7.09. The predicted molar refractivity (Wildman–Crippen MR) is 87.9 cm³/mol. The first-order chi connectivity index (χ1) is 10.0. The zero-order chi connectivity index (χ0) is 15.4. The number of thiazole rings is 1. The number of likely N-dealkylation sites (N-methyl/N-ethyl adjacent to an activating group) is 1. The highest BCUT2D eigenvalue weighted by atomic mass is 32.1. The number of nitrogens with zero attached hydrogens (tertiary/aromatic N) is 2. The summed E-state index contributed by atoms with van der Waals surface area (Å²) in [5.74, 6) is 0.169. The van der Waals surface area contributed by atoms with Crippen molar-refractivity contribution in [1.82, 2.24) is 9.88 Å². The number of Topliss-reactive ketones (excluding diaryl/α,β-unsaturated/α-hetero) is 1. The van der Waals surface area contributed by atoms with E-state index in [0.29, 0.717) is 0 Å². The van der Waals surface area contributed by atoms with Crippen molar-refractivity contribution < 1.29 is 4.79 Å². The van der Waals surface area contributed by atoms with Gasteiger partial charge in [-0.1, -0.05) is 31.2 Å². The third kappa shape index (κ3) is 3.77. The van der Waals surface area contributed by atoms with E-state index < -0.39 is 0 Å². The van der Waals surface area contributed by atoms with Crippen molar-refractivity contribution in [3.63, 3.8) is 0 Å². The maximum Gasteiger partial charge on any atom is 0.179 e. The van der Waals surface area contributed by atoms with Crippen LogP contribution in [-0.4, -0.2) is 28.8 Å². The molecule has 2 rings (SSSR count). The molecule has 0 bridgehead atoms. The molecule has 0 aliphatic heterocycles. The fourth-order valence-electron chi connectivity index (χ4n) is 2.19. The van der Waals surface area contributed by atoms with E-state index in [4.69, 9.17) is 0 Å². The van der Waals surface area contributed by atoms with Gasteiger partial charge in [-0.25, -0.2) is 4.98 Å². The van der Waals surface area contributed by atoms with Crippen LogP contribution in [-0.2, 0) is 13.0 Å². The minimum absolute atomic E-state index is 0.140. The van der Waals surface area contributed by atoms with Gasteiger partial charge < -0.3 is 0 Å². The number of hydrogen-bond donors (Lipinski definition) is 0. The lowest BCUT2D eigenvalue weighted by molar-refractivity contribution is 0.0863. The zero-order valence-electron chi connectivity index (χ0n) is 13.1. The molecule has 1 atom stereocenters. The van der Waals surface area contributed by atoms with Gasteiger partial charge in [-0.2, -0.15) is 0 Å². The van der Waals surface area contributed by atoms with Crippen molar-refractivity contribution in [2.75, 3.05) is 7.05 Å². The van der Waals surface area contributed by atoms with Crippen molar-refractivity contribution >= 4 is 17.1 Å². The second-order valence-corrected chi connectivity index (χ2v) is 6.31. The maximum absolute atomic E-state index is 12.5. The summed E-state index contributed by atoms with van der Waals surface area (Å²) in [4.78, 5) is 20.1. The summed E-state index contributed by atoms with van der Waals surface area (Å²) in [6, 6.07) is 7.80. The molecule has 112 valence electrons. The molecular weight excluding hydrogens is 280 g/mol. The van der Waals surface area contributed by atoms with E-state index in [9.17, 15) is 4.79 Å². The van der Waals surface area contributed by atoms with Crippen molar-refractivity contribution in [3.8, 4) is 0 Å². The zero-order valence-corrected chi connectivity index (χ0v) is 13.9. The highest BCUT2D eigenvalue weighted by Gasteiger charge is 2.20. The summed E-state index contributed by atoms with van der Waals surface area (Å²) in [6.07, 6.45) is 0.995. The first kappa shape index (κ1) is 15.9. The predicted octanol–water partition coefficient (Wildman–Crippen LogP) is 3.72. The third-order valence-corrected chi connectivity index (χ3v) is 4.85. The van der Waals surface area contributed by atoms with Gasteiger partial charge in [0.05, 0.1) is 17.2 Å². The summed E-state index contributed by atoms with van der Waals surface area (Å²) in [5.41, 5.74) is 4.95. The quantitative estimate of drug-likeness (QED) is 0.763. The van der Waals surface area contributed by atoms with E-state index in [1.807, 2.05) is 50.7 Å². The SMILES string of the molecule is CCc1ccc(C(=O)C(C)N(C)Cc2scnc2C)cc1. The Morgan fingerprint density at radius 1 is 1.33 bits per heavy atom. The monoisotopic (exact) mass is 302 g/mol. The van der Waals surface area contributed by atoms with Crippen LogP contribution in [0.2, 0.25) is 0 Å². The molecule has 0 radical (unpaired) electrons. The lowest BCUT2D eigenvalue weighted by Gasteiger charge is -2.23. The minimum atomic E-state index is -0.140. The molecule has 0 saturated heterocycles. The summed E-state index contributed by atoms with van der Waals surface area (Å²) in [6.45, 7) is 6.85. The van der Waals surface area contributed by atoms with Gasteiger partial charge in [0.1, 0.15) is 0 Å². The number of aryl methyl sites for hydroxylation is 2. The molecule has 21 heavy (non-hydrogen) atoms. The molecule has 3 nitrogen and oxygen atoms in total. The summed E-state index contributed by atoms with van der Waals surface area (Å²) >= 11 is 1.64. The van der Waals surface area contributed by atoms with Crippen LogP contribution in [0.5, 0.6) is 0 Å². The molecule has 0 saturated carbocycles. The highest BCUT2D eigenvalue weighted by Crippen LogP contribution is 2.17. The molecule has 0 N–H and O–H groups in total. The number of aromatic nitrogens is 1. The summed E-state index contributed by atoms with van der Waals surface area (Å²) < 4.78 is 0. The molecule has 1 heterocycles. The second kappa shape index (κ2) is 6.96. The Labute approximate surface area is 130 Å². The smallest absolute Gasteiger partial charge is 0.179 e. The largest absolute Gasteiger partial charge is 0.292 e. The van der Waals surface area contributed by atoms with Crippen LogP contribution in [0.15, 0.2) is 29.8 Å². The molecular formula is C17H22N2OS. The summed E-state index contributed by atoms with van der Waals surface area (Å²) in [5, 5.41) is 0. The topological polar surface area (TPSA) is 33.2 Å². The number of benzene rings is 1. The van der Waals surface area contributed by atoms with E-state index >= 15 is 0 Å². The van der Waals surface area contributed by atoms with Gasteiger partial charge in [0.2, 0.25) is 0 Å². The fourth-order valence-corrected chi connectivity index (χ4v) is 3.03. The molecule has 0 amide bonds. The van der Waals surface area contributed by atoms with Gasteiger partial charge >= 0.3 is 0 Å². The van der Waals surface area contributed by atoms with Gasteiger partial charge in [-0.05, 0) is 32.9 Å². The van der Waals surface area contributed by atoms with E-state index in [0.717, 1.165) is 24.2 Å². The van der Waals surface area contributed by atoms with Gasteiger partial charge in [0.15, 0.2) is 5.78 Å². The first-order valence-electron chi connectivity index (χ1n) is 7.25. The number of rotatable bonds is 6. The Balaban J connectivity index is 2.05. The lowest BCUT2D eigenvalue weighted by atomic mass is 10.0. The van der Waals surface area contributed by atoms with Gasteiger partial charge in [-0.3, -0.25) is 9.69 Å². The third-order valence-electron chi connectivity index (χ3n) is 3.93. The van der Waals surface area contributed by atoms with Crippen LogP contribution in [0, 0.1) is 6.92 Å². The number of ketones is 1. The molecule has 1 unspecified atom stereocenters. The Morgan fingerprint density at radius 2 is 2.00 bits per heavy atom. The maximum atomic E-state index is 12.5. The molecule has 0 fully saturated rings. The molecule has 0 aliphatic carbocycles. The second-order valence-electron chi connectivity index (χ2n) is 5.37. The van der Waals surface area contributed by atoms with Crippen LogP contribution in [0.4, 0.5) is 0 Å². The van der Waals surface area contributed by atoms with E-state index in [-0.39, 0.29) is 11.8 Å². The van der Waals surface area contributed by atoms with Crippen LogP contribution >= 0.6 is 11.3 Å². The average Bonchev–Trinajstić information content (AvgIpc) is 2.91. The van der Waals surface area contributed by atoms with E-state index in [1.54, 1.807) is 11.3 Å². The molecule has 0 spiro atoms. The van der Waals surface area contributed by atoms with Crippen LogP contribution in [0.25, 0.3) is 0 Å². The first-order valence-corrected chi connectivity index (χ1v) is 8.13. The summed E-state index contributed by atoms with van der Waals surface area (Å²) in [7, 11) is 1.99. The number of carbonyl (C=O) groups is 1. The van der Waals surface area contributed by atoms with Crippen LogP contribution in [0.1, 0.15) is 40.3 Å². The Hall–Kier alpha value is -1.52. The fraction of sp³-hybridized carbons (Fsp3) is 0.412. The Bertz CT molecular complexity index is 604. The molecule has 4 heteroatoms. The van der Waals surface area contributed by atoms with Crippen molar-refractivity contribution in [2.24, 2.45) is 0 Å². The normalized spacial score (nSPS) is 12.6. The standard InChI is InChI=1S/C17H22N2OS/c1-5-14-6-8-15(9-7-14)17(20)13(3)19(4)10-16-12(2)18-11-21-16/h6-9,11,13H,5,10H2,1-4H3. The Kier molecular flexibility index (Phi) is 5.26. The van der Waals surface area contributed by atoms with Crippen molar-refractivity contribution in [3.05, 3.63) is 51.5 Å². The van der Waals surface area contributed by atoms with Gasteiger partial charge in [0, 0.05) is 17.0 Å². The molecule has 1 aromatic carbocycles. The number of carbonyl (C=O) groups excluding carboxylic acids is 1. The van der Waals surface area contributed by atoms with Gasteiger partial charge in [-0.15, -0.1) is 11.3 Å². The van der Waals surface area contributed by atoms with Crippen molar-refractivity contribution in [1.29, 1.82) is 0 Å².